The number of aliphatic hydroxyl groups is 7. The molecule has 1 aromatic heterocycles. The van der Waals surface area contributed by atoms with Gasteiger partial charge in [-0.3, -0.25) is 9.59 Å². The average molecular weight is 899 g/mol. The summed E-state index contributed by atoms with van der Waals surface area (Å²) in [5.41, 5.74) is -3.22. The fraction of sp³-hybridized carbons (Fsp3) is 0.854. The van der Waals surface area contributed by atoms with Crippen molar-refractivity contribution in [3.63, 3.8) is 0 Å². The van der Waals surface area contributed by atoms with Gasteiger partial charge in [-0.05, 0) is 129 Å². The van der Waals surface area contributed by atoms with Crippen LogP contribution in [0.2, 0.25) is 0 Å². The molecule has 3 saturated heterocycles. The summed E-state index contributed by atoms with van der Waals surface area (Å²) < 4.78 is 12.4. The molecule has 16 heteroatoms. The molecule has 19 unspecified atom stereocenters. The predicted octanol–water partition coefficient (Wildman–Crippen LogP) is 1.75. The number of carbonyl (C=O) groups excluding carboxylic acids is 1. The summed E-state index contributed by atoms with van der Waals surface area (Å²) in [5, 5.41) is 97.4. The number of aliphatic hydroxyl groups excluding tert-OH is 7. The summed E-state index contributed by atoms with van der Waals surface area (Å²) in [6, 6.07) is -0.283. The number of hydrogen-bond acceptors (Lipinski definition) is 13. The van der Waals surface area contributed by atoms with Crippen LogP contribution in [0.25, 0.3) is 0 Å². The molecule has 0 bridgehead atoms. The lowest BCUT2D eigenvalue weighted by Crippen LogP contribution is -2.73. The SMILES string of the molecule is CC1(CO)CC(O)C2(C(=O)O)CCC3(C)C(=CCC4C5(C)C(CC6CC(=O)NC6C6(c7cnc[nH]7)CCNCC6)C(O)C(OC6OCC(O)C(O)C6O)C(C)(CO)C5CCC43C)C2C1. The van der Waals surface area contributed by atoms with Crippen molar-refractivity contribution in [2.24, 2.45) is 62.1 Å². The Kier molecular flexibility index (Phi) is 11.7. The van der Waals surface area contributed by atoms with Gasteiger partial charge in [-0.25, -0.2) is 4.98 Å². The summed E-state index contributed by atoms with van der Waals surface area (Å²) in [6.07, 6.45) is 2.04. The number of piperidine rings is 1. The van der Waals surface area contributed by atoms with E-state index < -0.39 is 98.6 Å². The fourth-order valence-electron chi connectivity index (χ4n) is 16.7. The maximum atomic E-state index is 13.8. The molecule has 9 rings (SSSR count). The number of allylic oxidation sites excluding steroid dienone is 2. The van der Waals surface area contributed by atoms with E-state index in [2.05, 4.69) is 47.4 Å². The molecular formula is C48H74N4O12. The third kappa shape index (κ3) is 6.39. The number of nitrogens with one attached hydrogen (secondary N) is 3. The highest BCUT2D eigenvalue weighted by Gasteiger charge is 2.74. The molecule has 7 fully saturated rings. The van der Waals surface area contributed by atoms with Crippen molar-refractivity contribution >= 4 is 11.9 Å². The number of aromatic nitrogens is 2. The smallest absolute Gasteiger partial charge is 0.312 e. The van der Waals surface area contributed by atoms with Gasteiger partial charge in [0.25, 0.3) is 0 Å². The first-order valence-corrected chi connectivity index (χ1v) is 24.0. The van der Waals surface area contributed by atoms with Crippen LogP contribution < -0.4 is 10.6 Å². The number of ether oxygens (including phenoxy) is 2. The largest absolute Gasteiger partial charge is 0.481 e. The molecule has 5 aliphatic carbocycles. The van der Waals surface area contributed by atoms with E-state index in [1.807, 2.05) is 20.0 Å². The molecule has 4 heterocycles. The van der Waals surface area contributed by atoms with Gasteiger partial charge in [0.1, 0.15) is 23.7 Å². The molecule has 16 nitrogen and oxygen atoms in total. The fourth-order valence-corrected chi connectivity index (χ4v) is 16.7. The van der Waals surface area contributed by atoms with Gasteiger partial charge in [-0.1, -0.05) is 46.3 Å². The first kappa shape index (κ1) is 46.6. The second-order valence-electron chi connectivity index (χ2n) is 23.1. The molecule has 11 N–H and O–H groups in total. The number of carboxylic acid groups (broad SMARTS) is 1. The molecule has 3 aliphatic heterocycles. The molecule has 19 atom stereocenters. The lowest BCUT2D eigenvalue weighted by Gasteiger charge is -2.73. The van der Waals surface area contributed by atoms with Crippen molar-refractivity contribution in [2.75, 3.05) is 32.9 Å². The Morgan fingerprint density at radius 1 is 0.922 bits per heavy atom. The second-order valence-corrected chi connectivity index (χ2v) is 23.1. The standard InChI is InChI=1S/C48H74N4O12/c1-42(22-53)18-28-26-6-7-31-45(4,44(26,3)10-11-48(28,41(61)62)33(56)19-42)9-8-30-43(2,23-54)39(64-40-37(60)36(59)29(55)21-63-40)35(58)27(46(30,31)5)16-25-17-34(57)52-38(25)47(12-14-49-15-13-47)32-20-50-24-51-32/h6,20,24-25,27-31,33,35-40,49,53-56,58-60H,7-19,21-23H2,1-5H3,(H,50,51)(H,52,57)(H,61,62). The molecule has 0 spiro atoms. The van der Waals surface area contributed by atoms with E-state index in [0.29, 0.717) is 32.1 Å². The minimum atomic E-state index is -1.62. The maximum absolute atomic E-state index is 13.8. The first-order valence-electron chi connectivity index (χ1n) is 24.0. The van der Waals surface area contributed by atoms with Crippen LogP contribution in [0.1, 0.15) is 111 Å². The summed E-state index contributed by atoms with van der Waals surface area (Å²) in [4.78, 5) is 35.0. The number of carboxylic acids is 1. The molecule has 4 saturated carbocycles. The van der Waals surface area contributed by atoms with Crippen molar-refractivity contribution < 1.29 is 59.9 Å². The quantitative estimate of drug-likeness (QED) is 0.125. The number of hydrogen-bond donors (Lipinski definition) is 11. The first-order chi connectivity index (χ1) is 30.2. The van der Waals surface area contributed by atoms with Crippen LogP contribution in [-0.2, 0) is 24.5 Å². The summed E-state index contributed by atoms with van der Waals surface area (Å²) in [5.74, 6) is -2.62. The highest BCUT2D eigenvalue weighted by atomic mass is 16.7. The van der Waals surface area contributed by atoms with E-state index in [0.717, 1.165) is 43.6 Å². The van der Waals surface area contributed by atoms with Crippen LogP contribution in [0, 0.1) is 62.1 Å². The zero-order chi connectivity index (χ0) is 46.0. The number of aromatic amines is 1. The third-order valence-corrected chi connectivity index (χ3v) is 20.4. The van der Waals surface area contributed by atoms with Gasteiger partial charge in [-0.15, -0.1) is 0 Å². The van der Waals surface area contributed by atoms with E-state index in [-0.39, 0.29) is 68.8 Å². The number of amides is 1. The van der Waals surface area contributed by atoms with Gasteiger partial charge in [0.05, 0.1) is 37.9 Å². The second kappa shape index (κ2) is 16.1. The Bertz CT molecular complexity index is 1960. The molecule has 358 valence electrons. The van der Waals surface area contributed by atoms with Crippen LogP contribution in [0.4, 0.5) is 0 Å². The summed E-state index contributed by atoms with van der Waals surface area (Å²) in [6.45, 7) is 11.4. The number of rotatable bonds is 9. The van der Waals surface area contributed by atoms with Crippen LogP contribution in [0.3, 0.4) is 0 Å². The maximum Gasteiger partial charge on any atom is 0.312 e. The molecule has 0 aromatic carbocycles. The molecule has 0 radical (unpaired) electrons. The third-order valence-electron chi connectivity index (χ3n) is 20.4. The molecule has 1 aromatic rings. The van der Waals surface area contributed by atoms with E-state index in [9.17, 15) is 50.4 Å². The Labute approximate surface area is 376 Å². The minimum absolute atomic E-state index is 0.0569. The molecule has 8 aliphatic rings. The number of carbonyl (C=O) groups is 2. The Morgan fingerprint density at radius 2 is 1.66 bits per heavy atom. The number of fused-ring (bicyclic) bond motifs is 7. The topological polar surface area (TPSA) is 267 Å². The number of nitrogens with zero attached hydrogens (tertiary/aromatic N) is 1. The summed E-state index contributed by atoms with van der Waals surface area (Å²) >= 11 is 0. The lowest BCUT2D eigenvalue weighted by molar-refractivity contribution is -0.340. The number of H-pyrrole nitrogens is 1. The predicted molar refractivity (Wildman–Crippen MR) is 231 cm³/mol. The highest BCUT2D eigenvalue weighted by molar-refractivity contribution is 5.79. The van der Waals surface area contributed by atoms with Crippen molar-refractivity contribution in [3.8, 4) is 0 Å². The van der Waals surface area contributed by atoms with E-state index in [1.54, 1.807) is 6.33 Å². The minimum Gasteiger partial charge on any atom is -0.481 e. The average Bonchev–Trinajstić information content (AvgIpc) is 3.95. The van der Waals surface area contributed by atoms with Crippen LogP contribution in [-0.4, -0.2) is 145 Å². The zero-order valence-corrected chi connectivity index (χ0v) is 38.2. The zero-order valence-electron chi connectivity index (χ0n) is 38.2. The monoisotopic (exact) mass is 899 g/mol. The Balaban J connectivity index is 1.16. The Hall–Kier alpha value is -2.51. The van der Waals surface area contributed by atoms with Crippen molar-refractivity contribution in [1.29, 1.82) is 0 Å². The normalized spacial score (nSPS) is 51.2. The van der Waals surface area contributed by atoms with E-state index in [4.69, 9.17) is 9.47 Å². The van der Waals surface area contributed by atoms with Crippen LogP contribution >= 0.6 is 0 Å². The lowest BCUT2D eigenvalue weighted by atomic mass is 9.31. The highest BCUT2D eigenvalue weighted by Crippen LogP contribution is 2.77. The van der Waals surface area contributed by atoms with Crippen LogP contribution in [0.15, 0.2) is 24.2 Å². The summed E-state index contributed by atoms with van der Waals surface area (Å²) in [7, 11) is 0. The molecule has 1 amide bonds. The van der Waals surface area contributed by atoms with Gasteiger partial charge < -0.3 is 65.9 Å². The van der Waals surface area contributed by atoms with Crippen molar-refractivity contribution in [3.05, 3.63) is 29.9 Å². The van der Waals surface area contributed by atoms with E-state index >= 15 is 0 Å². The van der Waals surface area contributed by atoms with E-state index in [1.165, 1.54) is 0 Å². The molecule has 64 heavy (non-hydrogen) atoms. The van der Waals surface area contributed by atoms with Gasteiger partial charge in [0.2, 0.25) is 5.91 Å². The van der Waals surface area contributed by atoms with Gasteiger partial charge in [0, 0.05) is 41.8 Å². The van der Waals surface area contributed by atoms with Crippen molar-refractivity contribution in [1.82, 2.24) is 20.6 Å². The van der Waals surface area contributed by atoms with Crippen LogP contribution in [0.5, 0.6) is 0 Å². The van der Waals surface area contributed by atoms with Gasteiger partial charge in [0.15, 0.2) is 6.29 Å². The van der Waals surface area contributed by atoms with Gasteiger partial charge >= 0.3 is 5.97 Å². The number of imidazole rings is 1. The van der Waals surface area contributed by atoms with Gasteiger partial charge in [-0.2, -0.15) is 0 Å². The van der Waals surface area contributed by atoms with Crippen molar-refractivity contribution in [2.45, 2.75) is 160 Å². The Morgan fingerprint density at radius 3 is 2.31 bits per heavy atom. The number of aliphatic carboxylic acids is 1. The molecular weight excluding hydrogens is 825 g/mol.